The molecule has 0 amide bonds. The van der Waals surface area contributed by atoms with Gasteiger partial charge in [-0.05, 0) is 12.8 Å². The van der Waals surface area contributed by atoms with Crippen LogP contribution in [-0.2, 0) is 4.74 Å². The van der Waals surface area contributed by atoms with E-state index in [0.717, 1.165) is 13.2 Å². The van der Waals surface area contributed by atoms with E-state index in [9.17, 15) is 0 Å². The highest BCUT2D eigenvalue weighted by molar-refractivity contribution is 4.38. The largest absolute Gasteiger partial charge is 0.381 e. The van der Waals surface area contributed by atoms with Crippen LogP contribution in [0.5, 0.6) is 0 Å². The highest BCUT2D eigenvalue weighted by Crippen LogP contribution is 1.97. The molecule has 0 N–H and O–H groups in total. The molecule has 0 radical (unpaired) electrons. The molecule has 0 fully saturated rings. The summed E-state index contributed by atoms with van der Waals surface area (Å²) in [6, 6.07) is 0. The molecular formula is C16H34O. The first-order valence-corrected chi connectivity index (χ1v) is 6.49. The van der Waals surface area contributed by atoms with Crippen molar-refractivity contribution in [1.82, 2.24) is 0 Å². The maximum Gasteiger partial charge on any atom is 0.0466 e. The number of hydrogen-bond acceptors (Lipinski definition) is 1. The predicted octanol–water partition coefficient (Wildman–Crippen LogP) is 5.79. The Morgan fingerprint density at radius 2 is 0.882 bits per heavy atom. The minimum absolute atomic E-state index is 0.970. The lowest BCUT2D eigenvalue weighted by Gasteiger charge is -2.01. The fourth-order valence-corrected chi connectivity index (χ4v) is 1.01. The van der Waals surface area contributed by atoms with E-state index in [4.69, 9.17) is 4.74 Å². The number of unbranched alkanes of at least 4 members (excludes halogenated alkanes) is 4. The van der Waals surface area contributed by atoms with Crippen LogP contribution in [0.4, 0.5) is 0 Å². The third-order valence-corrected chi connectivity index (χ3v) is 1.78. The van der Waals surface area contributed by atoms with Crippen LogP contribution in [0.3, 0.4) is 0 Å². The van der Waals surface area contributed by atoms with Gasteiger partial charge in [0.15, 0.2) is 0 Å². The average Bonchev–Trinajstić information content (AvgIpc) is 2.45. The molecule has 1 nitrogen and oxygen atoms in total. The fraction of sp³-hybridized carbons (Fsp3) is 0.625. The SMILES string of the molecule is C=C.C=C.C=C.CCCCCOCCCCC. The Kier molecular flexibility index (Phi) is 67.4. The molecule has 0 unspecified atom stereocenters. The Hall–Kier alpha value is -0.820. The predicted molar refractivity (Wildman–Crippen MR) is 83.6 cm³/mol. The Labute approximate surface area is 110 Å². The molecule has 1 heteroatoms. The van der Waals surface area contributed by atoms with Crippen molar-refractivity contribution in [3.63, 3.8) is 0 Å². The summed E-state index contributed by atoms with van der Waals surface area (Å²) in [4.78, 5) is 0. The van der Waals surface area contributed by atoms with E-state index in [0.29, 0.717) is 0 Å². The molecular weight excluding hydrogens is 208 g/mol. The highest BCUT2D eigenvalue weighted by Gasteiger charge is 1.88. The van der Waals surface area contributed by atoms with E-state index >= 15 is 0 Å². The molecule has 0 aromatic rings. The molecule has 0 aliphatic carbocycles. The fourth-order valence-electron chi connectivity index (χ4n) is 1.01. The second kappa shape index (κ2) is 45.6. The van der Waals surface area contributed by atoms with E-state index in [2.05, 4.69) is 53.3 Å². The summed E-state index contributed by atoms with van der Waals surface area (Å²) in [6.07, 6.45) is 7.68. The van der Waals surface area contributed by atoms with Gasteiger partial charge in [-0.1, -0.05) is 39.5 Å². The molecule has 0 bridgehead atoms. The van der Waals surface area contributed by atoms with E-state index in [1.165, 1.54) is 38.5 Å². The maximum atomic E-state index is 5.44. The normalized spacial score (nSPS) is 7.41. The molecule has 0 aromatic heterocycles. The smallest absolute Gasteiger partial charge is 0.0466 e. The zero-order valence-electron chi connectivity index (χ0n) is 12.3. The van der Waals surface area contributed by atoms with Crippen molar-refractivity contribution in [2.45, 2.75) is 52.4 Å². The zero-order chi connectivity index (χ0) is 14.4. The van der Waals surface area contributed by atoms with Crippen LogP contribution in [0.25, 0.3) is 0 Å². The first kappa shape index (κ1) is 25.1. The van der Waals surface area contributed by atoms with Gasteiger partial charge in [0.1, 0.15) is 0 Å². The molecule has 0 saturated carbocycles. The van der Waals surface area contributed by atoms with Crippen molar-refractivity contribution in [3.05, 3.63) is 39.5 Å². The lowest BCUT2D eigenvalue weighted by molar-refractivity contribution is 0.126. The maximum absolute atomic E-state index is 5.44. The van der Waals surface area contributed by atoms with Gasteiger partial charge in [-0.15, -0.1) is 39.5 Å². The van der Waals surface area contributed by atoms with Crippen LogP contribution >= 0.6 is 0 Å². The van der Waals surface area contributed by atoms with Crippen LogP contribution in [0.15, 0.2) is 39.5 Å². The lowest BCUT2D eigenvalue weighted by atomic mass is 10.2. The molecule has 0 aromatic carbocycles. The molecule has 0 aliphatic rings. The summed E-state index contributed by atoms with van der Waals surface area (Å²) in [6.45, 7) is 24.4. The van der Waals surface area contributed by atoms with Crippen LogP contribution < -0.4 is 0 Å². The average molecular weight is 242 g/mol. The minimum Gasteiger partial charge on any atom is -0.381 e. The minimum atomic E-state index is 0.970. The van der Waals surface area contributed by atoms with Crippen LogP contribution in [-0.4, -0.2) is 13.2 Å². The monoisotopic (exact) mass is 242 g/mol. The van der Waals surface area contributed by atoms with E-state index in [1.54, 1.807) is 0 Å². The van der Waals surface area contributed by atoms with Crippen molar-refractivity contribution in [2.75, 3.05) is 13.2 Å². The van der Waals surface area contributed by atoms with Gasteiger partial charge in [0.2, 0.25) is 0 Å². The van der Waals surface area contributed by atoms with Crippen LogP contribution in [0.2, 0.25) is 0 Å². The molecule has 0 aliphatic heterocycles. The Morgan fingerprint density at radius 3 is 1.12 bits per heavy atom. The summed E-state index contributed by atoms with van der Waals surface area (Å²) >= 11 is 0. The van der Waals surface area contributed by atoms with Gasteiger partial charge in [0, 0.05) is 13.2 Å². The summed E-state index contributed by atoms with van der Waals surface area (Å²) < 4.78 is 5.44. The van der Waals surface area contributed by atoms with Crippen LogP contribution in [0, 0.1) is 0 Å². The molecule has 0 heterocycles. The molecule has 17 heavy (non-hydrogen) atoms. The van der Waals surface area contributed by atoms with Gasteiger partial charge >= 0.3 is 0 Å². The number of rotatable bonds is 8. The Bertz CT molecular complexity index is 78.8. The Morgan fingerprint density at radius 1 is 0.588 bits per heavy atom. The van der Waals surface area contributed by atoms with E-state index in [1.807, 2.05) is 0 Å². The second-order valence-corrected chi connectivity index (χ2v) is 3.03. The molecule has 0 saturated heterocycles. The molecule has 0 atom stereocenters. The molecule has 0 rings (SSSR count). The zero-order valence-corrected chi connectivity index (χ0v) is 12.3. The summed E-state index contributed by atoms with van der Waals surface area (Å²) in [5, 5.41) is 0. The first-order chi connectivity index (χ1) is 8.41. The standard InChI is InChI=1S/C10H22O.3C2H4/c1-3-5-7-9-11-10-8-6-4-2;3*1-2/h3-10H2,1-2H3;3*1-2H2. The first-order valence-electron chi connectivity index (χ1n) is 6.49. The van der Waals surface area contributed by atoms with Crippen LogP contribution in [0.1, 0.15) is 52.4 Å². The van der Waals surface area contributed by atoms with Crippen molar-refractivity contribution >= 4 is 0 Å². The summed E-state index contributed by atoms with van der Waals surface area (Å²) in [7, 11) is 0. The van der Waals surface area contributed by atoms with Crippen molar-refractivity contribution in [1.29, 1.82) is 0 Å². The number of ether oxygens (including phenoxy) is 1. The molecule has 0 spiro atoms. The topological polar surface area (TPSA) is 9.23 Å². The van der Waals surface area contributed by atoms with Gasteiger partial charge in [-0.2, -0.15) is 0 Å². The van der Waals surface area contributed by atoms with Gasteiger partial charge < -0.3 is 4.74 Å². The van der Waals surface area contributed by atoms with E-state index < -0.39 is 0 Å². The summed E-state index contributed by atoms with van der Waals surface area (Å²) in [5.41, 5.74) is 0. The third-order valence-electron chi connectivity index (χ3n) is 1.78. The quantitative estimate of drug-likeness (QED) is 0.386. The summed E-state index contributed by atoms with van der Waals surface area (Å²) in [5.74, 6) is 0. The van der Waals surface area contributed by atoms with Crippen molar-refractivity contribution < 1.29 is 4.74 Å². The Balaban J connectivity index is -0.000000121. The van der Waals surface area contributed by atoms with Gasteiger partial charge in [0.05, 0.1) is 0 Å². The second-order valence-electron chi connectivity index (χ2n) is 3.03. The van der Waals surface area contributed by atoms with E-state index in [-0.39, 0.29) is 0 Å². The van der Waals surface area contributed by atoms with Gasteiger partial charge in [0.25, 0.3) is 0 Å². The van der Waals surface area contributed by atoms with Gasteiger partial charge in [-0.25, -0.2) is 0 Å². The lowest BCUT2D eigenvalue weighted by Crippen LogP contribution is -1.96. The van der Waals surface area contributed by atoms with Crippen molar-refractivity contribution in [3.8, 4) is 0 Å². The molecule has 104 valence electrons. The number of hydrogen-bond donors (Lipinski definition) is 0. The highest BCUT2D eigenvalue weighted by atomic mass is 16.5. The van der Waals surface area contributed by atoms with Crippen molar-refractivity contribution in [2.24, 2.45) is 0 Å². The van der Waals surface area contributed by atoms with Gasteiger partial charge in [-0.3, -0.25) is 0 Å². The third kappa shape index (κ3) is 51.2.